The Hall–Kier alpha value is -1.69. The van der Waals surface area contributed by atoms with Crippen LogP contribution in [-0.2, 0) is 5.41 Å². The number of likely N-dealkylation sites (tertiary alicyclic amines) is 1. The Kier molecular flexibility index (Phi) is 4.27. The zero-order valence-electron chi connectivity index (χ0n) is 14.2. The maximum atomic E-state index is 12.8. The fourth-order valence-electron chi connectivity index (χ4n) is 2.90. The molecule has 2 aromatic rings. The summed E-state index contributed by atoms with van der Waals surface area (Å²) < 4.78 is 0. The zero-order valence-corrected chi connectivity index (χ0v) is 15.0. The molecule has 2 aromatic heterocycles. The number of nitrogens with zero attached hydrogens (tertiary/aromatic N) is 3. The number of amides is 1. The van der Waals surface area contributed by atoms with Gasteiger partial charge in [-0.3, -0.25) is 4.79 Å². The van der Waals surface area contributed by atoms with Crippen molar-refractivity contribution in [2.75, 3.05) is 6.54 Å². The Labute approximate surface area is 141 Å². The van der Waals surface area contributed by atoms with Gasteiger partial charge in [0.25, 0.3) is 5.91 Å². The van der Waals surface area contributed by atoms with Gasteiger partial charge >= 0.3 is 0 Å². The van der Waals surface area contributed by atoms with E-state index in [1.54, 1.807) is 17.5 Å². The Balaban J connectivity index is 1.87. The number of aryl methyl sites for hydroxylation is 1. The van der Waals surface area contributed by atoms with E-state index in [9.17, 15) is 4.79 Å². The van der Waals surface area contributed by atoms with Crippen LogP contribution in [0.2, 0.25) is 0 Å². The minimum absolute atomic E-state index is 0.0304. The van der Waals surface area contributed by atoms with Gasteiger partial charge in [0.05, 0.1) is 17.9 Å². The van der Waals surface area contributed by atoms with E-state index in [2.05, 4.69) is 36.1 Å². The molecule has 0 aliphatic carbocycles. The average molecular weight is 332 g/mol. The van der Waals surface area contributed by atoms with Crippen LogP contribution in [0.1, 0.15) is 73.1 Å². The number of H-pyrrole nitrogens is 1. The monoisotopic (exact) mass is 332 g/mol. The van der Waals surface area contributed by atoms with Gasteiger partial charge in [-0.05, 0) is 26.2 Å². The molecule has 124 valence electrons. The second kappa shape index (κ2) is 6.07. The summed E-state index contributed by atoms with van der Waals surface area (Å²) in [5.41, 5.74) is 1.72. The fourth-order valence-corrected chi connectivity index (χ4v) is 4.09. The standard InChI is InChI=1S/C17H24N4OS/c1-11-18-9-12(19-11)16(22)21-8-6-5-7-13(21)15-20-14(10-23-15)17(2,3)4/h9-10,13H,5-8H2,1-4H3,(H,18,19)/t13-/m1/s1. The molecule has 1 aliphatic heterocycles. The normalized spacial score (nSPS) is 19.1. The molecular weight excluding hydrogens is 308 g/mol. The summed E-state index contributed by atoms with van der Waals surface area (Å²) in [4.78, 5) is 26.8. The summed E-state index contributed by atoms with van der Waals surface area (Å²) >= 11 is 1.67. The van der Waals surface area contributed by atoms with Gasteiger partial charge in [-0.25, -0.2) is 9.97 Å². The van der Waals surface area contributed by atoms with Gasteiger partial charge in [0.15, 0.2) is 0 Å². The number of hydrogen-bond acceptors (Lipinski definition) is 4. The minimum Gasteiger partial charge on any atom is -0.338 e. The van der Waals surface area contributed by atoms with E-state index in [1.165, 1.54) is 0 Å². The van der Waals surface area contributed by atoms with E-state index in [0.29, 0.717) is 5.69 Å². The molecule has 3 rings (SSSR count). The molecule has 0 unspecified atom stereocenters. The highest BCUT2D eigenvalue weighted by Crippen LogP contribution is 2.35. The van der Waals surface area contributed by atoms with Crippen molar-refractivity contribution in [2.24, 2.45) is 0 Å². The highest BCUT2D eigenvalue weighted by molar-refractivity contribution is 7.09. The number of carbonyl (C=O) groups excluding carboxylic acids is 1. The van der Waals surface area contributed by atoms with Gasteiger partial charge in [0.2, 0.25) is 0 Å². The number of hydrogen-bond donors (Lipinski definition) is 1. The number of piperidine rings is 1. The fraction of sp³-hybridized carbons (Fsp3) is 0.588. The van der Waals surface area contributed by atoms with Crippen molar-refractivity contribution in [3.05, 3.63) is 33.8 Å². The highest BCUT2D eigenvalue weighted by Gasteiger charge is 2.32. The number of aromatic amines is 1. The van der Waals surface area contributed by atoms with E-state index >= 15 is 0 Å². The summed E-state index contributed by atoms with van der Waals surface area (Å²) in [6.45, 7) is 9.15. The summed E-state index contributed by atoms with van der Waals surface area (Å²) in [7, 11) is 0. The summed E-state index contributed by atoms with van der Waals surface area (Å²) in [5, 5.41) is 3.19. The molecule has 3 heterocycles. The Morgan fingerprint density at radius 1 is 1.39 bits per heavy atom. The largest absolute Gasteiger partial charge is 0.338 e. The molecule has 23 heavy (non-hydrogen) atoms. The van der Waals surface area contributed by atoms with Crippen molar-refractivity contribution in [1.82, 2.24) is 19.9 Å². The molecule has 1 atom stereocenters. The van der Waals surface area contributed by atoms with Gasteiger partial charge in [0, 0.05) is 17.3 Å². The third-order valence-corrected chi connectivity index (χ3v) is 5.22. The van der Waals surface area contributed by atoms with E-state index in [-0.39, 0.29) is 17.4 Å². The van der Waals surface area contributed by atoms with Gasteiger partial charge < -0.3 is 9.88 Å². The first-order valence-electron chi connectivity index (χ1n) is 8.15. The number of thiazole rings is 1. The molecule has 1 fully saturated rings. The number of nitrogens with one attached hydrogen (secondary N) is 1. The van der Waals surface area contributed by atoms with Crippen molar-refractivity contribution in [3.63, 3.8) is 0 Å². The van der Waals surface area contributed by atoms with Crippen LogP contribution in [0.5, 0.6) is 0 Å². The van der Waals surface area contributed by atoms with Crippen LogP contribution >= 0.6 is 11.3 Å². The van der Waals surface area contributed by atoms with E-state index in [1.807, 2.05) is 11.8 Å². The first-order valence-corrected chi connectivity index (χ1v) is 9.02. The summed E-state index contributed by atoms with van der Waals surface area (Å²) in [5.74, 6) is 0.800. The van der Waals surface area contributed by atoms with Crippen LogP contribution in [-0.4, -0.2) is 32.3 Å². The molecule has 1 aliphatic rings. The number of carbonyl (C=O) groups is 1. The highest BCUT2D eigenvalue weighted by atomic mass is 32.1. The molecule has 0 radical (unpaired) electrons. The third-order valence-electron chi connectivity index (χ3n) is 4.27. The second-order valence-electron chi connectivity index (χ2n) is 7.21. The predicted molar refractivity (Wildman–Crippen MR) is 91.8 cm³/mol. The first kappa shape index (κ1) is 16.2. The smallest absolute Gasteiger partial charge is 0.272 e. The molecular formula is C17H24N4OS. The van der Waals surface area contributed by atoms with Crippen LogP contribution in [0.25, 0.3) is 0 Å². The minimum atomic E-state index is 0.0304. The van der Waals surface area contributed by atoms with E-state index < -0.39 is 0 Å². The first-order chi connectivity index (χ1) is 10.9. The van der Waals surface area contributed by atoms with Gasteiger partial charge in [0.1, 0.15) is 16.5 Å². The molecule has 1 amide bonds. The van der Waals surface area contributed by atoms with Gasteiger partial charge in [-0.1, -0.05) is 20.8 Å². The van der Waals surface area contributed by atoms with Gasteiger partial charge in [-0.15, -0.1) is 11.3 Å². The molecule has 1 N–H and O–H groups in total. The lowest BCUT2D eigenvalue weighted by atomic mass is 9.93. The van der Waals surface area contributed by atoms with Crippen LogP contribution in [0.15, 0.2) is 11.6 Å². The maximum Gasteiger partial charge on any atom is 0.272 e. The lowest BCUT2D eigenvalue weighted by molar-refractivity contribution is 0.0605. The Morgan fingerprint density at radius 3 is 2.78 bits per heavy atom. The van der Waals surface area contributed by atoms with Crippen molar-refractivity contribution < 1.29 is 4.79 Å². The number of aromatic nitrogens is 3. The second-order valence-corrected chi connectivity index (χ2v) is 8.10. The molecule has 6 heteroatoms. The summed E-state index contributed by atoms with van der Waals surface area (Å²) in [6.07, 6.45) is 4.80. The SMILES string of the molecule is Cc1ncc(C(=O)N2CCCC[C@@H]2c2nc(C(C)(C)C)cs2)[nH]1. The van der Waals surface area contributed by atoms with Gasteiger partial charge in [-0.2, -0.15) is 0 Å². The molecule has 0 saturated carbocycles. The van der Waals surface area contributed by atoms with Crippen molar-refractivity contribution in [3.8, 4) is 0 Å². The van der Waals surface area contributed by atoms with Crippen LogP contribution in [0, 0.1) is 6.92 Å². The van der Waals surface area contributed by atoms with Crippen LogP contribution in [0.3, 0.4) is 0 Å². The van der Waals surface area contributed by atoms with E-state index in [4.69, 9.17) is 4.98 Å². The average Bonchev–Trinajstić information content (AvgIpc) is 3.15. The summed E-state index contributed by atoms with van der Waals surface area (Å²) in [6, 6.07) is 0.0842. The Morgan fingerprint density at radius 2 is 2.17 bits per heavy atom. The lowest BCUT2D eigenvalue weighted by Gasteiger charge is -2.34. The molecule has 0 aromatic carbocycles. The van der Waals surface area contributed by atoms with Crippen LogP contribution in [0.4, 0.5) is 0 Å². The number of imidazole rings is 1. The quantitative estimate of drug-likeness (QED) is 0.909. The van der Waals surface area contributed by atoms with Crippen molar-refractivity contribution >= 4 is 17.2 Å². The predicted octanol–water partition coefficient (Wildman–Crippen LogP) is 3.84. The number of rotatable bonds is 2. The molecule has 1 saturated heterocycles. The molecule has 5 nitrogen and oxygen atoms in total. The third kappa shape index (κ3) is 3.32. The zero-order chi connectivity index (χ0) is 16.6. The van der Waals surface area contributed by atoms with Crippen molar-refractivity contribution in [2.45, 2.75) is 58.4 Å². The maximum absolute atomic E-state index is 12.8. The topological polar surface area (TPSA) is 61.9 Å². The Bertz CT molecular complexity index is 698. The van der Waals surface area contributed by atoms with Crippen molar-refractivity contribution in [1.29, 1.82) is 0 Å². The van der Waals surface area contributed by atoms with E-state index in [0.717, 1.165) is 42.3 Å². The molecule has 0 bridgehead atoms. The van der Waals surface area contributed by atoms with Crippen LogP contribution < -0.4 is 0 Å². The lowest BCUT2D eigenvalue weighted by Crippen LogP contribution is -2.38. The molecule has 0 spiro atoms.